The molecule has 2 fully saturated rings. The predicted octanol–water partition coefficient (Wildman–Crippen LogP) is 3.27. The van der Waals surface area contributed by atoms with Crippen LogP contribution in [0.3, 0.4) is 0 Å². The van der Waals surface area contributed by atoms with Gasteiger partial charge in [-0.1, -0.05) is 19.2 Å². The minimum atomic E-state index is -1.00. The highest BCUT2D eigenvalue weighted by molar-refractivity contribution is 5.69. The van der Waals surface area contributed by atoms with Gasteiger partial charge in [0.05, 0.1) is 23.4 Å². The number of ether oxygens (including phenoxy) is 1. The monoisotopic (exact) mass is 559 g/mol. The second-order valence-electron chi connectivity index (χ2n) is 12.0. The highest BCUT2D eigenvalue weighted by Gasteiger charge is 2.32. The summed E-state index contributed by atoms with van der Waals surface area (Å²) in [5, 5.41) is 29.2. The zero-order valence-electron chi connectivity index (χ0n) is 24.3. The number of aliphatic hydroxyl groups excluding tert-OH is 1. The number of rotatable bonds is 2. The van der Waals surface area contributed by atoms with E-state index in [1.165, 1.54) is 0 Å². The largest absolute Gasteiger partial charge is 0.487 e. The van der Waals surface area contributed by atoms with E-state index in [2.05, 4.69) is 52.4 Å². The summed E-state index contributed by atoms with van der Waals surface area (Å²) in [6.07, 6.45) is 2.78. The van der Waals surface area contributed by atoms with Crippen LogP contribution in [-0.2, 0) is 5.60 Å². The van der Waals surface area contributed by atoms with Crippen LogP contribution in [0.2, 0.25) is 0 Å². The Labute approximate surface area is 241 Å². The van der Waals surface area contributed by atoms with Gasteiger partial charge in [0.2, 0.25) is 0 Å². The third-order valence-corrected chi connectivity index (χ3v) is 8.40. The van der Waals surface area contributed by atoms with E-state index in [0.29, 0.717) is 38.5 Å². The fourth-order valence-electron chi connectivity index (χ4n) is 5.91. The van der Waals surface area contributed by atoms with E-state index in [1.807, 2.05) is 22.7 Å². The van der Waals surface area contributed by atoms with E-state index >= 15 is 0 Å². The molecule has 1 atom stereocenters. The number of anilines is 2. The van der Waals surface area contributed by atoms with Gasteiger partial charge in [0.25, 0.3) is 0 Å². The van der Waals surface area contributed by atoms with Gasteiger partial charge < -0.3 is 35.0 Å². The van der Waals surface area contributed by atoms with E-state index in [9.17, 15) is 10.2 Å². The number of fused-ring (bicyclic) bond motifs is 4. The molecule has 0 aliphatic carbocycles. The Morgan fingerprint density at radius 1 is 1.10 bits per heavy atom. The molecule has 2 aromatic heterocycles. The number of β-amino-alcohol motifs (C(OH)–C–C–N with tert-alkyl or cyclic N) is 1. The Kier molecular flexibility index (Phi) is 7.07. The molecule has 0 saturated carbocycles. The average molecular weight is 560 g/mol. The molecule has 3 aliphatic rings. The molecule has 0 spiro atoms. The van der Waals surface area contributed by atoms with Gasteiger partial charge in [0, 0.05) is 68.9 Å². The minimum absolute atomic E-state index is 0.0218. The van der Waals surface area contributed by atoms with Crippen LogP contribution in [-0.4, -0.2) is 82.2 Å². The van der Waals surface area contributed by atoms with Gasteiger partial charge in [0.15, 0.2) is 5.65 Å². The lowest BCUT2D eigenvalue weighted by molar-refractivity contribution is 0.0785. The van der Waals surface area contributed by atoms with Crippen molar-refractivity contribution in [1.29, 1.82) is 0 Å². The fourth-order valence-corrected chi connectivity index (χ4v) is 5.91. The summed E-state index contributed by atoms with van der Waals surface area (Å²) in [6.45, 7) is 16.0. The SMILES string of the molecule is C=C1COc2ccc(C(C)(C)O)cc2C(=C)N2CCCCC2c2cc3nc(N4CC(O)C4)cc(n3n2)N(C)CCN1. The molecule has 3 N–H and O–H groups in total. The number of hydrogen-bond acceptors (Lipinski definition) is 9. The highest BCUT2D eigenvalue weighted by Crippen LogP contribution is 2.40. The zero-order valence-corrected chi connectivity index (χ0v) is 24.3. The van der Waals surface area contributed by atoms with Crippen molar-refractivity contribution in [2.24, 2.45) is 0 Å². The topological polar surface area (TPSA) is 102 Å². The van der Waals surface area contributed by atoms with Gasteiger partial charge in [-0.15, -0.1) is 0 Å². The number of aliphatic hydroxyl groups is 2. The first-order valence-corrected chi connectivity index (χ1v) is 14.5. The number of piperidine rings is 1. The van der Waals surface area contributed by atoms with Crippen LogP contribution >= 0.6 is 0 Å². The van der Waals surface area contributed by atoms with Crippen molar-refractivity contribution in [2.45, 2.75) is 50.9 Å². The number of benzene rings is 1. The molecule has 2 saturated heterocycles. The van der Waals surface area contributed by atoms with Crippen LogP contribution in [0.5, 0.6) is 5.75 Å². The first-order chi connectivity index (χ1) is 19.6. The predicted molar refractivity (Wildman–Crippen MR) is 161 cm³/mol. The van der Waals surface area contributed by atoms with Gasteiger partial charge in [-0.05, 0) is 50.8 Å². The van der Waals surface area contributed by atoms with Gasteiger partial charge in [0.1, 0.15) is 24.0 Å². The molecule has 6 rings (SSSR count). The van der Waals surface area contributed by atoms with E-state index in [1.54, 1.807) is 13.8 Å². The molecule has 0 radical (unpaired) electrons. The van der Waals surface area contributed by atoms with Crippen LogP contribution in [0.1, 0.15) is 56.0 Å². The summed E-state index contributed by atoms with van der Waals surface area (Å²) in [7, 11) is 2.06. The molecular weight excluding hydrogens is 518 g/mol. The van der Waals surface area contributed by atoms with Crippen molar-refractivity contribution in [1.82, 2.24) is 24.8 Å². The average Bonchev–Trinajstić information content (AvgIpc) is 3.36. The van der Waals surface area contributed by atoms with Crippen molar-refractivity contribution in [3.63, 3.8) is 0 Å². The molecule has 0 amide bonds. The van der Waals surface area contributed by atoms with E-state index < -0.39 is 5.60 Å². The summed E-state index contributed by atoms with van der Waals surface area (Å²) < 4.78 is 8.23. The Morgan fingerprint density at radius 3 is 2.66 bits per heavy atom. The number of hydrogen-bond donors (Lipinski definition) is 3. The second-order valence-corrected chi connectivity index (χ2v) is 12.0. The lowest BCUT2D eigenvalue weighted by atomic mass is 9.93. The summed E-state index contributed by atoms with van der Waals surface area (Å²) in [6, 6.07) is 10.0. The third-order valence-electron chi connectivity index (χ3n) is 8.40. The van der Waals surface area contributed by atoms with Gasteiger partial charge >= 0.3 is 0 Å². The van der Waals surface area contributed by atoms with E-state index in [0.717, 1.165) is 71.3 Å². The van der Waals surface area contributed by atoms with Crippen LogP contribution in [0.15, 0.2) is 49.2 Å². The summed E-state index contributed by atoms with van der Waals surface area (Å²) in [5.41, 5.74) is 4.02. The highest BCUT2D eigenvalue weighted by atomic mass is 16.5. The Balaban J connectivity index is 1.46. The number of nitrogens with zero attached hydrogens (tertiary/aromatic N) is 6. The molecular formula is C31H41N7O3. The standard InChI is InChI=1S/C31H41N7O3/c1-20-19-41-27-10-9-22(31(3,4)40)14-24(27)21(2)37-12-7-6-8-26(37)25-15-29-33-28(36-17-23(39)18-36)16-30(38(29)34-25)35(5)13-11-32-20/h9-10,14-16,23,26,32,39-40H,1-2,6-8,11-13,17-19H2,3-5H3. The lowest BCUT2D eigenvalue weighted by Crippen LogP contribution is -2.51. The van der Waals surface area contributed by atoms with Crippen molar-refractivity contribution in [3.8, 4) is 5.75 Å². The number of nitrogens with one attached hydrogen (secondary N) is 1. The molecule has 10 heteroatoms. The van der Waals surface area contributed by atoms with Crippen LogP contribution in [0.4, 0.5) is 11.6 Å². The second kappa shape index (κ2) is 10.6. The maximum absolute atomic E-state index is 10.8. The Bertz CT molecular complexity index is 1470. The quantitative estimate of drug-likeness (QED) is 0.437. The smallest absolute Gasteiger partial charge is 0.160 e. The van der Waals surface area contributed by atoms with Crippen LogP contribution in [0, 0.1) is 0 Å². The van der Waals surface area contributed by atoms with Gasteiger partial charge in [-0.2, -0.15) is 9.61 Å². The van der Waals surface area contributed by atoms with Crippen molar-refractivity contribution >= 4 is 23.0 Å². The maximum Gasteiger partial charge on any atom is 0.160 e. The van der Waals surface area contributed by atoms with Crippen molar-refractivity contribution in [3.05, 3.63) is 66.0 Å². The molecule has 41 heavy (non-hydrogen) atoms. The fraction of sp³-hybridized carbons (Fsp3) is 0.484. The Hall–Kier alpha value is -3.76. The summed E-state index contributed by atoms with van der Waals surface area (Å²) in [4.78, 5) is 11.6. The molecule has 1 aromatic carbocycles. The van der Waals surface area contributed by atoms with Gasteiger partial charge in [-0.25, -0.2) is 4.98 Å². The molecule has 218 valence electrons. The van der Waals surface area contributed by atoms with Gasteiger partial charge in [-0.3, -0.25) is 0 Å². The lowest BCUT2D eigenvalue weighted by Gasteiger charge is -2.38. The zero-order chi connectivity index (χ0) is 28.9. The first kappa shape index (κ1) is 27.4. The molecule has 2 bridgehead atoms. The number of likely N-dealkylation sites (N-methyl/N-ethyl adjacent to an activating group) is 1. The number of aromatic nitrogens is 3. The van der Waals surface area contributed by atoms with Crippen molar-refractivity contribution in [2.75, 3.05) is 56.2 Å². The summed E-state index contributed by atoms with van der Waals surface area (Å²) >= 11 is 0. The summed E-state index contributed by atoms with van der Waals surface area (Å²) in [5.74, 6) is 2.49. The molecule has 1 unspecified atom stereocenters. The maximum atomic E-state index is 10.8. The minimum Gasteiger partial charge on any atom is -0.487 e. The van der Waals surface area contributed by atoms with Crippen LogP contribution in [0.25, 0.3) is 11.3 Å². The van der Waals surface area contributed by atoms with Crippen LogP contribution < -0.4 is 19.9 Å². The first-order valence-electron chi connectivity index (χ1n) is 14.5. The third kappa shape index (κ3) is 5.34. The normalized spacial score (nSPS) is 20.9. The van der Waals surface area contributed by atoms with Crippen molar-refractivity contribution < 1.29 is 14.9 Å². The van der Waals surface area contributed by atoms with E-state index in [4.69, 9.17) is 14.8 Å². The Morgan fingerprint density at radius 2 is 1.90 bits per heavy atom. The molecule has 10 nitrogen and oxygen atoms in total. The van der Waals surface area contributed by atoms with E-state index in [-0.39, 0.29) is 12.1 Å². The molecule has 5 heterocycles. The molecule has 3 aromatic rings. The molecule has 3 aliphatic heterocycles.